The first-order valence-corrected chi connectivity index (χ1v) is 12.7. The molecule has 0 aromatic heterocycles. The monoisotopic (exact) mass is 447 g/mol. The third kappa shape index (κ3) is 3.16. The van der Waals surface area contributed by atoms with Crippen LogP contribution in [0, 0.1) is 28.6 Å². The number of sulfonamides is 1. The summed E-state index contributed by atoms with van der Waals surface area (Å²) < 4.78 is 27.9. The second-order valence-electron chi connectivity index (χ2n) is 9.59. The van der Waals surface area contributed by atoms with Gasteiger partial charge < -0.3 is 5.32 Å². The summed E-state index contributed by atoms with van der Waals surface area (Å²) >= 11 is 6.18. The Bertz CT molecular complexity index is 1030. The van der Waals surface area contributed by atoms with Crippen molar-refractivity contribution in [2.24, 2.45) is 17.3 Å². The first-order valence-electron chi connectivity index (χ1n) is 10.8. The van der Waals surface area contributed by atoms with E-state index in [0.29, 0.717) is 42.2 Å². The zero-order valence-electron chi connectivity index (χ0n) is 16.8. The minimum Gasteiger partial charge on any atom is -0.351 e. The third-order valence-electron chi connectivity index (χ3n) is 7.85. The molecule has 1 spiro atoms. The summed E-state index contributed by atoms with van der Waals surface area (Å²) in [6.07, 6.45) is 8.53. The number of hydrogen-bond acceptors (Lipinski definition) is 4. The van der Waals surface area contributed by atoms with E-state index in [1.807, 2.05) is 6.07 Å². The molecular formula is C22H26ClN3O3S. The van der Waals surface area contributed by atoms with Crippen LogP contribution < -0.4 is 5.32 Å². The van der Waals surface area contributed by atoms with E-state index in [-0.39, 0.29) is 21.9 Å². The fraction of sp³-hybridized carbons (Fsp3) is 0.636. The average Bonchev–Trinajstić information content (AvgIpc) is 3.20. The highest BCUT2D eigenvalue weighted by Gasteiger charge is 2.57. The second-order valence-corrected chi connectivity index (χ2v) is 11.9. The maximum Gasteiger partial charge on any atom is 0.245 e. The number of nitrogens with zero attached hydrogens (tertiary/aromatic N) is 2. The highest BCUT2D eigenvalue weighted by atomic mass is 35.5. The molecule has 5 fully saturated rings. The van der Waals surface area contributed by atoms with Crippen LogP contribution in [0.2, 0.25) is 5.02 Å². The molecule has 5 aliphatic rings. The van der Waals surface area contributed by atoms with E-state index in [1.165, 1.54) is 54.6 Å². The van der Waals surface area contributed by atoms with Gasteiger partial charge in [-0.1, -0.05) is 18.0 Å². The van der Waals surface area contributed by atoms with Gasteiger partial charge in [-0.05, 0) is 80.4 Å². The summed E-state index contributed by atoms with van der Waals surface area (Å²) in [7, 11) is -3.92. The lowest BCUT2D eigenvalue weighted by molar-refractivity contribution is -0.134. The van der Waals surface area contributed by atoms with E-state index in [2.05, 4.69) is 5.32 Å². The van der Waals surface area contributed by atoms with Crippen molar-refractivity contribution in [1.29, 1.82) is 5.26 Å². The van der Waals surface area contributed by atoms with Crippen LogP contribution in [0.25, 0.3) is 0 Å². The fourth-order valence-electron chi connectivity index (χ4n) is 6.56. The van der Waals surface area contributed by atoms with Gasteiger partial charge in [-0.3, -0.25) is 4.79 Å². The molecule has 4 aliphatic carbocycles. The lowest BCUT2D eigenvalue weighted by atomic mass is 9.45. The number of hydrogen-bond donors (Lipinski definition) is 1. The average molecular weight is 448 g/mol. The van der Waals surface area contributed by atoms with Gasteiger partial charge in [0.05, 0.1) is 16.7 Å². The van der Waals surface area contributed by atoms with Crippen molar-refractivity contribution in [2.45, 2.75) is 68.3 Å². The van der Waals surface area contributed by atoms with Crippen molar-refractivity contribution in [3.63, 3.8) is 0 Å². The topological polar surface area (TPSA) is 90.3 Å². The molecule has 0 radical (unpaired) electrons. The Morgan fingerprint density at radius 3 is 2.70 bits per heavy atom. The van der Waals surface area contributed by atoms with Crippen molar-refractivity contribution < 1.29 is 13.2 Å². The molecule has 30 heavy (non-hydrogen) atoms. The molecule has 1 N–H and O–H groups in total. The van der Waals surface area contributed by atoms with Crippen LogP contribution in [0.15, 0.2) is 23.1 Å². The Hall–Kier alpha value is -1.62. The van der Waals surface area contributed by atoms with E-state index in [0.717, 1.165) is 6.42 Å². The number of amides is 1. The van der Waals surface area contributed by atoms with Crippen molar-refractivity contribution in [3.8, 4) is 6.07 Å². The van der Waals surface area contributed by atoms with Crippen molar-refractivity contribution >= 4 is 27.5 Å². The van der Waals surface area contributed by atoms with Gasteiger partial charge in [0.1, 0.15) is 10.9 Å². The summed E-state index contributed by atoms with van der Waals surface area (Å²) in [6, 6.07) is 5.60. The van der Waals surface area contributed by atoms with Crippen molar-refractivity contribution in [1.82, 2.24) is 9.62 Å². The fourth-order valence-corrected chi connectivity index (χ4v) is 8.74. The molecule has 8 heteroatoms. The van der Waals surface area contributed by atoms with Crippen molar-refractivity contribution in [2.75, 3.05) is 6.54 Å². The number of nitriles is 1. The third-order valence-corrected chi connectivity index (χ3v) is 10.2. The Kier molecular flexibility index (Phi) is 4.88. The van der Waals surface area contributed by atoms with E-state index in [1.54, 1.807) is 0 Å². The SMILES string of the molecule is N#Cc1ccc(S(=O)(=O)N2CCC[C@@H]2C(=O)NC2C3CCCC4(C3)CC2C4)c(Cl)c1. The maximum atomic E-state index is 13.3. The molecular weight excluding hydrogens is 422 g/mol. The molecule has 1 heterocycles. The van der Waals surface area contributed by atoms with Gasteiger partial charge >= 0.3 is 0 Å². The predicted molar refractivity (Wildman–Crippen MR) is 112 cm³/mol. The summed E-state index contributed by atoms with van der Waals surface area (Å²) in [4.78, 5) is 13.2. The molecule has 2 unspecified atom stereocenters. The summed E-state index contributed by atoms with van der Waals surface area (Å²) in [6.45, 7) is 0.303. The number of carbonyl (C=O) groups excluding carboxylic acids is 1. The maximum absolute atomic E-state index is 13.3. The van der Waals surface area contributed by atoms with E-state index in [9.17, 15) is 13.2 Å². The van der Waals surface area contributed by atoms with Gasteiger partial charge in [0.15, 0.2) is 0 Å². The van der Waals surface area contributed by atoms with Crippen molar-refractivity contribution in [3.05, 3.63) is 28.8 Å². The summed E-state index contributed by atoms with van der Waals surface area (Å²) in [5.74, 6) is 0.915. The Labute approximate surface area is 182 Å². The van der Waals surface area contributed by atoms with E-state index in [4.69, 9.17) is 16.9 Å². The van der Waals surface area contributed by atoms with Gasteiger partial charge in [-0.2, -0.15) is 9.57 Å². The molecule has 4 saturated carbocycles. The Balaban J connectivity index is 1.35. The van der Waals surface area contributed by atoms with Gasteiger partial charge in [-0.15, -0.1) is 0 Å². The molecule has 3 bridgehead atoms. The van der Waals surface area contributed by atoms with Crippen LogP contribution in [0.4, 0.5) is 0 Å². The van der Waals surface area contributed by atoms with Crippen LogP contribution in [-0.4, -0.2) is 37.3 Å². The van der Waals surface area contributed by atoms with Gasteiger partial charge in [0.2, 0.25) is 15.9 Å². The van der Waals surface area contributed by atoms with E-state index >= 15 is 0 Å². The smallest absolute Gasteiger partial charge is 0.245 e. The lowest BCUT2D eigenvalue weighted by Gasteiger charge is -2.62. The molecule has 1 aromatic rings. The molecule has 6 nitrogen and oxygen atoms in total. The quantitative estimate of drug-likeness (QED) is 0.765. The van der Waals surface area contributed by atoms with Crippen LogP contribution >= 0.6 is 11.6 Å². The standard InChI is InChI=1S/C22H26ClN3O3S/c23-17-9-14(13-24)5-6-19(17)30(28,29)26-8-2-4-18(26)21(27)25-20-15-3-1-7-22(10-15)11-16(20)12-22/h5-6,9,15-16,18,20H,1-4,7-8,10-12H2,(H,25,27)/t15?,16?,18-,20?,22?/m1/s1. The van der Waals surface area contributed by atoms with Crippen LogP contribution in [0.5, 0.6) is 0 Å². The first kappa shape index (κ1) is 20.3. The Morgan fingerprint density at radius 1 is 1.20 bits per heavy atom. The minimum absolute atomic E-state index is 0.0143. The molecule has 3 atom stereocenters. The van der Waals surface area contributed by atoms with Crippen LogP contribution in [0.3, 0.4) is 0 Å². The summed E-state index contributed by atoms with van der Waals surface area (Å²) in [5, 5.41) is 12.3. The van der Waals surface area contributed by atoms with Crippen LogP contribution in [-0.2, 0) is 14.8 Å². The molecule has 1 amide bonds. The number of carbonyl (C=O) groups is 1. The molecule has 1 saturated heterocycles. The van der Waals surface area contributed by atoms with Crippen LogP contribution in [0.1, 0.15) is 56.9 Å². The normalized spacial score (nSPS) is 35.3. The number of benzene rings is 1. The van der Waals surface area contributed by atoms with E-state index < -0.39 is 16.1 Å². The molecule has 1 aliphatic heterocycles. The number of nitrogens with one attached hydrogen (secondary N) is 1. The zero-order valence-corrected chi connectivity index (χ0v) is 18.4. The minimum atomic E-state index is -3.92. The Morgan fingerprint density at radius 2 is 1.97 bits per heavy atom. The summed E-state index contributed by atoms with van der Waals surface area (Å²) in [5.41, 5.74) is 0.847. The highest BCUT2D eigenvalue weighted by Crippen LogP contribution is 2.63. The first-order chi connectivity index (χ1) is 14.3. The van der Waals surface area contributed by atoms with Gasteiger partial charge in [0, 0.05) is 12.6 Å². The van der Waals surface area contributed by atoms with Gasteiger partial charge in [-0.25, -0.2) is 8.42 Å². The number of rotatable bonds is 4. The largest absolute Gasteiger partial charge is 0.351 e. The zero-order chi connectivity index (χ0) is 21.1. The number of halogens is 1. The van der Waals surface area contributed by atoms with Gasteiger partial charge in [0.25, 0.3) is 0 Å². The molecule has 6 rings (SSSR count). The molecule has 1 aromatic carbocycles. The highest BCUT2D eigenvalue weighted by molar-refractivity contribution is 7.89. The lowest BCUT2D eigenvalue weighted by Crippen LogP contribution is -2.62. The predicted octanol–water partition coefficient (Wildman–Crippen LogP) is 3.45. The second kappa shape index (κ2) is 7.22. The molecule has 160 valence electrons.